The maximum absolute atomic E-state index is 11.4. The van der Waals surface area contributed by atoms with Crippen LogP contribution in [-0.4, -0.2) is 31.0 Å². The summed E-state index contributed by atoms with van der Waals surface area (Å²) in [4.78, 5) is 13.0. The van der Waals surface area contributed by atoms with Crippen LogP contribution in [0, 0.1) is 11.3 Å². The van der Waals surface area contributed by atoms with Gasteiger partial charge in [-0.1, -0.05) is 12.1 Å². The molecule has 0 aliphatic carbocycles. The molecule has 1 aliphatic rings. The van der Waals surface area contributed by atoms with Crippen LogP contribution in [0.25, 0.3) is 0 Å². The Hall–Kier alpha value is -2.02. The number of likely N-dealkylation sites (N-methyl/N-ethyl adjacent to an activating group) is 1. The number of carbonyl (C=O) groups is 1. The Morgan fingerprint density at radius 2 is 2.39 bits per heavy atom. The van der Waals surface area contributed by atoms with E-state index in [9.17, 15) is 4.79 Å². The summed E-state index contributed by atoms with van der Waals surface area (Å²) in [5, 5.41) is 8.47. The highest BCUT2D eigenvalue weighted by atomic mass is 16.5. The molecule has 0 aromatic heterocycles. The summed E-state index contributed by atoms with van der Waals surface area (Å²) in [5.41, 5.74) is 2.45. The Morgan fingerprint density at radius 3 is 3.17 bits per heavy atom. The van der Waals surface area contributed by atoms with Crippen LogP contribution >= 0.6 is 0 Å². The molecule has 0 spiro atoms. The lowest BCUT2D eigenvalue weighted by atomic mass is 10.1. The van der Waals surface area contributed by atoms with Crippen LogP contribution in [-0.2, 0) is 17.6 Å². The highest BCUT2D eigenvalue weighted by molar-refractivity contribution is 5.77. The summed E-state index contributed by atoms with van der Waals surface area (Å²) in [5.74, 6) is 0.856. The van der Waals surface area contributed by atoms with Crippen molar-refractivity contribution in [2.75, 3.05) is 20.2 Å². The third-order valence-electron chi connectivity index (χ3n) is 3.15. The van der Waals surface area contributed by atoms with Crippen molar-refractivity contribution in [2.45, 2.75) is 19.3 Å². The van der Waals surface area contributed by atoms with Gasteiger partial charge in [0, 0.05) is 20.0 Å². The van der Waals surface area contributed by atoms with Crippen molar-refractivity contribution in [2.24, 2.45) is 0 Å². The maximum atomic E-state index is 11.4. The molecule has 0 bridgehead atoms. The van der Waals surface area contributed by atoms with Gasteiger partial charge >= 0.3 is 0 Å². The number of rotatable bonds is 4. The smallest absolute Gasteiger partial charge is 0.236 e. The molecule has 94 valence electrons. The highest BCUT2D eigenvalue weighted by Gasteiger charge is 2.13. The molecule has 0 unspecified atom stereocenters. The highest BCUT2D eigenvalue weighted by Crippen LogP contribution is 2.25. The van der Waals surface area contributed by atoms with Gasteiger partial charge in [0.15, 0.2) is 0 Å². The molecular weight excluding hydrogens is 228 g/mol. The minimum atomic E-state index is -0.123. The molecule has 0 saturated heterocycles. The number of nitrogens with zero attached hydrogens (tertiary/aromatic N) is 2. The van der Waals surface area contributed by atoms with Gasteiger partial charge in [-0.25, -0.2) is 0 Å². The number of hydrogen-bond donors (Lipinski definition) is 0. The molecule has 0 radical (unpaired) electrons. The Balaban J connectivity index is 1.91. The molecule has 1 amide bonds. The van der Waals surface area contributed by atoms with Crippen molar-refractivity contribution in [3.05, 3.63) is 29.3 Å². The van der Waals surface area contributed by atoms with Crippen LogP contribution in [0.15, 0.2) is 18.2 Å². The maximum Gasteiger partial charge on any atom is 0.236 e. The summed E-state index contributed by atoms with van der Waals surface area (Å²) < 4.78 is 5.45. The van der Waals surface area contributed by atoms with E-state index in [0.29, 0.717) is 6.54 Å². The Bertz CT molecular complexity index is 491. The molecule has 2 rings (SSSR count). The van der Waals surface area contributed by atoms with E-state index in [1.54, 1.807) is 11.9 Å². The first-order valence-corrected chi connectivity index (χ1v) is 6.06. The lowest BCUT2D eigenvalue weighted by Crippen LogP contribution is -2.28. The van der Waals surface area contributed by atoms with Gasteiger partial charge in [0.05, 0.1) is 12.7 Å². The van der Waals surface area contributed by atoms with Crippen LogP contribution in [0.3, 0.4) is 0 Å². The molecule has 1 aliphatic heterocycles. The van der Waals surface area contributed by atoms with Gasteiger partial charge in [-0.05, 0) is 23.6 Å². The number of carbonyl (C=O) groups excluding carboxylic acids is 1. The molecule has 1 aromatic carbocycles. The van der Waals surface area contributed by atoms with Gasteiger partial charge < -0.3 is 9.64 Å². The van der Waals surface area contributed by atoms with Crippen LogP contribution in [0.4, 0.5) is 0 Å². The van der Waals surface area contributed by atoms with Gasteiger partial charge in [0.2, 0.25) is 5.91 Å². The topological polar surface area (TPSA) is 53.3 Å². The van der Waals surface area contributed by atoms with Crippen molar-refractivity contribution in [3.8, 4) is 11.8 Å². The summed E-state index contributed by atoms with van der Waals surface area (Å²) >= 11 is 0. The fourth-order valence-corrected chi connectivity index (χ4v) is 2.02. The largest absolute Gasteiger partial charge is 0.493 e. The van der Waals surface area contributed by atoms with E-state index in [0.717, 1.165) is 25.2 Å². The van der Waals surface area contributed by atoms with Gasteiger partial charge in [0.1, 0.15) is 12.2 Å². The molecule has 4 nitrogen and oxygen atoms in total. The zero-order valence-corrected chi connectivity index (χ0v) is 10.5. The Morgan fingerprint density at radius 1 is 1.56 bits per heavy atom. The predicted molar refractivity (Wildman–Crippen MR) is 67.2 cm³/mol. The SMILES string of the molecule is CN(CCc1ccc2c(c1)CCO2)C(=O)CC#N. The molecule has 0 fully saturated rings. The molecule has 1 aromatic rings. The monoisotopic (exact) mass is 244 g/mol. The average Bonchev–Trinajstić information content (AvgIpc) is 2.83. The third kappa shape index (κ3) is 2.80. The molecule has 0 N–H and O–H groups in total. The molecule has 1 heterocycles. The minimum Gasteiger partial charge on any atom is -0.493 e. The van der Waals surface area contributed by atoms with Gasteiger partial charge in [-0.3, -0.25) is 4.79 Å². The van der Waals surface area contributed by atoms with Crippen molar-refractivity contribution in [1.82, 2.24) is 4.90 Å². The fourth-order valence-electron chi connectivity index (χ4n) is 2.02. The molecule has 4 heteroatoms. The fraction of sp³-hybridized carbons (Fsp3) is 0.429. The molecule has 18 heavy (non-hydrogen) atoms. The van der Waals surface area contributed by atoms with Crippen LogP contribution in [0.1, 0.15) is 17.5 Å². The zero-order chi connectivity index (χ0) is 13.0. The standard InChI is InChI=1S/C14H16N2O2/c1-16(14(17)4-7-15)8-5-11-2-3-13-12(10-11)6-9-18-13/h2-3,10H,4-6,8-9H2,1H3. The number of amides is 1. The van der Waals surface area contributed by atoms with Crippen LogP contribution in [0.2, 0.25) is 0 Å². The van der Waals surface area contributed by atoms with Crippen molar-refractivity contribution >= 4 is 5.91 Å². The number of fused-ring (bicyclic) bond motifs is 1. The van der Waals surface area contributed by atoms with Gasteiger partial charge in [0.25, 0.3) is 0 Å². The lowest BCUT2D eigenvalue weighted by Gasteiger charge is -2.15. The first kappa shape index (κ1) is 12.4. The van der Waals surface area contributed by atoms with Crippen LogP contribution < -0.4 is 4.74 Å². The van der Waals surface area contributed by atoms with E-state index in [-0.39, 0.29) is 12.3 Å². The van der Waals surface area contributed by atoms with Crippen molar-refractivity contribution in [3.63, 3.8) is 0 Å². The van der Waals surface area contributed by atoms with Gasteiger partial charge in [-0.15, -0.1) is 0 Å². The zero-order valence-electron chi connectivity index (χ0n) is 10.5. The van der Waals surface area contributed by atoms with E-state index in [1.165, 1.54) is 11.1 Å². The van der Waals surface area contributed by atoms with E-state index >= 15 is 0 Å². The van der Waals surface area contributed by atoms with E-state index < -0.39 is 0 Å². The number of ether oxygens (including phenoxy) is 1. The lowest BCUT2D eigenvalue weighted by molar-refractivity contribution is -0.128. The minimum absolute atomic E-state index is 0.0471. The van der Waals surface area contributed by atoms with E-state index in [4.69, 9.17) is 10.00 Å². The number of nitriles is 1. The predicted octanol–water partition coefficient (Wildman–Crippen LogP) is 1.54. The van der Waals surface area contributed by atoms with Gasteiger partial charge in [-0.2, -0.15) is 5.26 Å². The summed E-state index contributed by atoms with van der Waals surface area (Å²) in [6.07, 6.45) is 1.72. The summed E-state index contributed by atoms with van der Waals surface area (Å²) in [7, 11) is 1.73. The average molecular weight is 244 g/mol. The molecule has 0 saturated carbocycles. The van der Waals surface area contributed by atoms with E-state index in [2.05, 4.69) is 6.07 Å². The van der Waals surface area contributed by atoms with Crippen molar-refractivity contribution < 1.29 is 9.53 Å². The first-order chi connectivity index (χ1) is 8.70. The number of hydrogen-bond acceptors (Lipinski definition) is 3. The third-order valence-corrected chi connectivity index (χ3v) is 3.15. The Kier molecular flexibility index (Phi) is 3.83. The quantitative estimate of drug-likeness (QED) is 0.807. The summed E-state index contributed by atoms with van der Waals surface area (Å²) in [6.45, 7) is 1.40. The van der Waals surface area contributed by atoms with Crippen LogP contribution in [0.5, 0.6) is 5.75 Å². The molecular formula is C14H16N2O2. The molecule has 0 atom stereocenters. The first-order valence-electron chi connectivity index (χ1n) is 6.06. The second kappa shape index (κ2) is 5.54. The second-order valence-corrected chi connectivity index (χ2v) is 4.44. The normalized spacial score (nSPS) is 12.4. The van der Waals surface area contributed by atoms with Crippen molar-refractivity contribution in [1.29, 1.82) is 5.26 Å². The van der Waals surface area contributed by atoms with E-state index in [1.807, 2.05) is 18.2 Å². The number of benzene rings is 1. The summed E-state index contributed by atoms with van der Waals surface area (Å²) in [6, 6.07) is 8.05. The Labute approximate surface area is 107 Å². The second-order valence-electron chi connectivity index (χ2n) is 4.44.